The zero-order chi connectivity index (χ0) is 13.8. The van der Waals surface area contributed by atoms with Crippen molar-refractivity contribution in [2.45, 2.75) is 0 Å². The maximum absolute atomic E-state index is 12.0. The summed E-state index contributed by atoms with van der Waals surface area (Å²) in [5.41, 5.74) is 0.155. The van der Waals surface area contributed by atoms with E-state index in [4.69, 9.17) is 4.74 Å². The number of benzene rings is 1. The van der Waals surface area contributed by atoms with Crippen LogP contribution in [0, 0.1) is 0 Å². The van der Waals surface area contributed by atoms with Gasteiger partial charge in [-0.1, -0.05) is 15.9 Å². The number of methoxy groups -OCH3 is 1. The van der Waals surface area contributed by atoms with E-state index in [-0.39, 0.29) is 11.3 Å². The fourth-order valence-corrected chi connectivity index (χ4v) is 1.82. The Kier molecular flexibility index (Phi) is 4.01. The van der Waals surface area contributed by atoms with Gasteiger partial charge in [-0.2, -0.15) is 0 Å². The summed E-state index contributed by atoms with van der Waals surface area (Å²) in [4.78, 5) is 16.0. The van der Waals surface area contributed by atoms with Crippen molar-refractivity contribution in [2.24, 2.45) is 0 Å². The Hall–Kier alpha value is -2.08. The van der Waals surface area contributed by atoms with Crippen LogP contribution < -0.4 is 10.1 Å². The minimum atomic E-state index is -0.439. The molecule has 1 heterocycles. The monoisotopic (exact) mass is 322 g/mol. The van der Waals surface area contributed by atoms with Gasteiger partial charge in [0.25, 0.3) is 5.91 Å². The molecule has 1 aromatic carbocycles. The normalized spacial score (nSPS) is 10.0. The van der Waals surface area contributed by atoms with Crippen LogP contribution in [0.15, 0.2) is 41.0 Å². The SMILES string of the molecule is COc1ccc(C(=O)Nc2cc(Br)ccn2)c(O)c1. The molecule has 0 unspecified atom stereocenters. The van der Waals surface area contributed by atoms with E-state index in [1.54, 1.807) is 24.4 Å². The Balaban J connectivity index is 2.20. The van der Waals surface area contributed by atoms with E-state index in [2.05, 4.69) is 26.2 Å². The van der Waals surface area contributed by atoms with E-state index >= 15 is 0 Å². The second-order valence-corrected chi connectivity index (χ2v) is 4.61. The van der Waals surface area contributed by atoms with Crippen LogP contribution in [0.25, 0.3) is 0 Å². The molecule has 0 radical (unpaired) electrons. The number of carbonyl (C=O) groups is 1. The molecule has 2 rings (SSSR count). The number of hydrogen-bond acceptors (Lipinski definition) is 4. The Bertz CT molecular complexity index is 617. The van der Waals surface area contributed by atoms with Crippen molar-refractivity contribution < 1.29 is 14.6 Å². The first-order chi connectivity index (χ1) is 9.10. The number of rotatable bonds is 3. The lowest BCUT2D eigenvalue weighted by Crippen LogP contribution is -2.13. The van der Waals surface area contributed by atoms with Crippen LogP contribution in [-0.4, -0.2) is 23.1 Å². The summed E-state index contributed by atoms with van der Waals surface area (Å²) in [6.07, 6.45) is 1.56. The minimum Gasteiger partial charge on any atom is -0.507 e. The average Bonchev–Trinajstić information content (AvgIpc) is 2.38. The molecule has 0 aliphatic heterocycles. The maximum atomic E-state index is 12.0. The molecule has 0 spiro atoms. The van der Waals surface area contributed by atoms with E-state index in [9.17, 15) is 9.90 Å². The molecule has 0 aliphatic carbocycles. The first-order valence-electron chi connectivity index (χ1n) is 5.40. The van der Waals surface area contributed by atoms with E-state index in [1.165, 1.54) is 19.2 Å². The zero-order valence-electron chi connectivity index (χ0n) is 10.1. The number of phenols is 1. The lowest BCUT2D eigenvalue weighted by molar-refractivity contribution is 0.102. The summed E-state index contributed by atoms with van der Waals surface area (Å²) in [7, 11) is 1.49. The number of hydrogen-bond donors (Lipinski definition) is 2. The molecule has 98 valence electrons. The van der Waals surface area contributed by atoms with Crippen molar-refractivity contribution in [2.75, 3.05) is 12.4 Å². The predicted molar refractivity (Wildman–Crippen MR) is 74.5 cm³/mol. The Morgan fingerprint density at radius 3 is 2.79 bits per heavy atom. The van der Waals surface area contributed by atoms with Crippen molar-refractivity contribution in [1.29, 1.82) is 0 Å². The molecule has 19 heavy (non-hydrogen) atoms. The molecule has 0 aliphatic rings. The summed E-state index contributed by atoms with van der Waals surface area (Å²) >= 11 is 3.28. The molecule has 0 bridgehead atoms. The topological polar surface area (TPSA) is 71.5 Å². The van der Waals surface area contributed by atoms with Gasteiger partial charge in [0.15, 0.2) is 0 Å². The van der Waals surface area contributed by atoms with Gasteiger partial charge in [-0.15, -0.1) is 0 Å². The lowest BCUT2D eigenvalue weighted by Gasteiger charge is -2.07. The number of halogens is 1. The molecule has 1 aromatic heterocycles. The number of carbonyl (C=O) groups excluding carboxylic acids is 1. The molecule has 2 N–H and O–H groups in total. The quantitative estimate of drug-likeness (QED) is 0.911. The molecule has 1 amide bonds. The van der Waals surface area contributed by atoms with Crippen LogP contribution in [0.2, 0.25) is 0 Å². The number of nitrogens with one attached hydrogen (secondary N) is 1. The van der Waals surface area contributed by atoms with Crippen LogP contribution in [0.4, 0.5) is 5.82 Å². The second kappa shape index (κ2) is 5.71. The van der Waals surface area contributed by atoms with Gasteiger partial charge in [0, 0.05) is 16.7 Å². The lowest BCUT2D eigenvalue weighted by atomic mass is 10.2. The molecule has 5 nitrogen and oxygen atoms in total. The highest BCUT2D eigenvalue weighted by molar-refractivity contribution is 9.10. The first kappa shape index (κ1) is 13.4. The van der Waals surface area contributed by atoms with Gasteiger partial charge in [-0.3, -0.25) is 4.79 Å². The minimum absolute atomic E-state index is 0.146. The third-order valence-electron chi connectivity index (χ3n) is 2.41. The Morgan fingerprint density at radius 2 is 2.16 bits per heavy atom. The smallest absolute Gasteiger partial charge is 0.260 e. The summed E-state index contributed by atoms with van der Waals surface area (Å²) in [6, 6.07) is 7.88. The number of anilines is 1. The summed E-state index contributed by atoms with van der Waals surface area (Å²) < 4.78 is 5.76. The van der Waals surface area contributed by atoms with Gasteiger partial charge in [0.2, 0.25) is 0 Å². The molecule has 0 fully saturated rings. The fourth-order valence-electron chi connectivity index (χ4n) is 1.49. The van der Waals surface area contributed by atoms with Crippen LogP contribution in [0.3, 0.4) is 0 Å². The number of phenolic OH excluding ortho intramolecular Hbond substituents is 1. The largest absolute Gasteiger partial charge is 0.507 e. The van der Waals surface area contributed by atoms with Gasteiger partial charge in [0.05, 0.1) is 12.7 Å². The third kappa shape index (κ3) is 3.23. The molecule has 2 aromatic rings. The van der Waals surface area contributed by atoms with Crippen molar-refractivity contribution in [3.05, 3.63) is 46.6 Å². The third-order valence-corrected chi connectivity index (χ3v) is 2.91. The standard InChI is InChI=1S/C13H11BrN2O3/c1-19-9-2-3-10(11(17)7-9)13(18)16-12-6-8(14)4-5-15-12/h2-7,17H,1H3,(H,15,16,18). The summed E-state index contributed by atoms with van der Waals surface area (Å²) in [5, 5.41) is 12.4. The van der Waals surface area contributed by atoms with Gasteiger partial charge in [-0.05, 0) is 24.3 Å². The van der Waals surface area contributed by atoms with Gasteiger partial charge >= 0.3 is 0 Å². The van der Waals surface area contributed by atoms with Crippen LogP contribution in [-0.2, 0) is 0 Å². The van der Waals surface area contributed by atoms with E-state index in [1.807, 2.05) is 0 Å². The van der Waals surface area contributed by atoms with Gasteiger partial charge in [0.1, 0.15) is 17.3 Å². The number of amides is 1. The molecule has 0 saturated heterocycles. The second-order valence-electron chi connectivity index (χ2n) is 3.70. The molecular weight excluding hydrogens is 312 g/mol. The van der Waals surface area contributed by atoms with Gasteiger partial charge < -0.3 is 15.2 Å². The van der Waals surface area contributed by atoms with Crippen LogP contribution >= 0.6 is 15.9 Å². The number of pyridine rings is 1. The summed E-state index contributed by atoms with van der Waals surface area (Å²) in [5.74, 6) is 0.293. The number of ether oxygens (including phenoxy) is 1. The molecule has 0 saturated carbocycles. The van der Waals surface area contributed by atoms with Crippen molar-refractivity contribution in [3.8, 4) is 11.5 Å². The molecule has 6 heteroatoms. The highest BCUT2D eigenvalue weighted by Crippen LogP contribution is 2.24. The Labute approximate surface area is 118 Å². The highest BCUT2D eigenvalue weighted by atomic mass is 79.9. The summed E-state index contributed by atoms with van der Waals surface area (Å²) in [6.45, 7) is 0. The zero-order valence-corrected chi connectivity index (χ0v) is 11.6. The number of aromatic hydroxyl groups is 1. The van der Waals surface area contributed by atoms with Gasteiger partial charge in [-0.25, -0.2) is 4.98 Å². The van der Waals surface area contributed by atoms with Crippen LogP contribution in [0.1, 0.15) is 10.4 Å². The van der Waals surface area contributed by atoms with E-state index in [0.29, 0.717) is 11.6 Å². The van der Waals surface area contributed by atoms with Crippen molar-refractivity contribution in [3.63, 3.8) is 0 Å². The Morgan fingerprint density at radius 1 is 1.37 bits per heavy atom. The number of aromatic nitrogens is 1. The molecule has 0 atom stereocenters. The maximum Gasteiger partial charge on any atom is 0.260 e. The fraction of sp³-hybridized carbons (Fsp3) is 0.0769. The van der Waals surface area contributed by atoms with Crippen molar-refractivity contribution >= 4 is 27.7 Å². The predicted octanol–water partition coefficient (Wildman–Crippen LogP) is 2.81. The van der Waals surface area contributed by atoms with E-state index < -0.39 is 5.91 Å². The van der Waals surface area contributed by atoms with Crippen LogP contribution in [0.5, 0.6) is 11.5 Å². The highest BCUT2D eigenvalue weighted by Gasteiger charge is 2.12. The first-order valence-corrected chi connectivity index (χ1v) is 6.19. The van der Waals surface area contributed by atoms with E-state index in [0.717, 1.165) is 4.47 Å². The number of nitrogens with zero attached hydrogens (tertiary/aromatic N) is 1. The van der Waals surface area contributed by atoms with Crippen molar-refractivity contribution in [1.82, 2.24) is 4.98 Å². The average molecular weight is 323 g/mol. The molecular formula is C13H11BrN2O3.